The molecule has 0 fully saturated rings. The maximum Gasteiger partial charge on any atom is 0.306 e. The van der Waals surface area contributed by atoms with Crippen LogP contribution in [0.4, 0.5) is 0 Å². The summed E-state index contributed by atoms with van der Waals surface area (Å²) in [7, 11) is 1.18. The number of quaternary nitrogens is 1. The average Bonchev–Trinajstić information content (AvgIpc) is 3.41. The normalized spacial score (nSPS) is 14.2. The summed E-state index contributed by atoms with van der Waals surface area (Å²) in [6.07, 6.45) is 76.9. The molecule has 0 aromatic heterocycles. The number of hydrogen-bond donors (Lipinski definition) is 1. The van der Waals surface area contributed by atoms with E-state index >= 15 is 0 Å². The first-order chi connectivity index (χ1) is 38.4. The van der Waals surface area contributed by atoms with E-state index in [1.165, 1.54) is 148 Å². The van der Waals surface area contributed by atoms with Gasteiger partial charge in [-0.3, -0.25) is 14.2 Å². The fraction of sp³-hybridized carbons (Fsp3) is 0.768. The first kappa shape index (κ1) is 76.2. The van der Waals surface area contributed by atoms with E-state index in [4.69, 9.17) is 13.8 Å². The molecule has 0 radical (unpaired) electrons. The van der Waals surface area contributed by atoms with Crippen LogP contribution in [0.5, 0.6) is 0 Å². The summed E-state index contributed by atoms with van der Waals surface area (Å²) in [6.45, 7) is 6.74. The number of carbonyl (C=O) groups is 2. The molecule has 0 saturated heterocycles. The highest BCUT2D eigenvalue weighted by Gasteiger charge is 2.27. The van der Waals surface area contributed by atoms with Gasteiger partial charge >= 0.3 is 5.97 Å². The summed E-state index contributed by atoms with van der Waals surface area (Å²) in [5, 5.41) is 3.03. The molecular weight excluding hydrogens is 1000 g/mol. The second-order valence-electron chi connectivity index (χ2n) is 23.2. The monoisotopic (exact) mass is 1120 g/mol. The highest BCUT2D eigenvalue weighted by molar-refractivity contribution is 7.45. The van der Waals surface area contributed by atoms with E-state index in [1.807, 2.05) is 33.3 Å². The van der Waals surface area contributed by atoms with Crippen LogP contribution in [0.3, 0.4) is 0 Å². The standard InChI is InChI=1S/C69H125N2O7P/c1-7-10-13-16-19-22-25-28-29-30-31-32-33-34-35-36-37-38-39-40-41-44-47-50-53-56-59-62-69(73)78-67(60-57-54-51-48-45-42-26-23-20-17-14-11-8-2)66(65-77-79(74,75)76-64-63-71(4,5)6)70-68(72)61-58-55-52-49-46-43-27-24-21-18-15-12-9-3/h10,13,19,22,28-29,31-32,34-35,37-38,57,60,66-67H,7-9,11-12,14-18,20-21,23-27,30,33,36,39-56,58-59,61-65H2,1-6H3,(H-,70,72,74,75)/b13-10-,22-19-,29-28-,32-31-,35-34-,38-37-,60-57-. The van der Waals surface area contributed by atoms with Crippen molar-refractivity contribution in [2.24, 2.45) is 0 Å². The molecule has 1 N–H and O–H groups in total. The third-order valence-corrected chi connectivity index (χ3v) is 15.3. The maximum absolute atomic E-state index is 13.5. The number of phosphoric acid groups is 1. The Morgan fingerprint density at radius 2 is 0.810 bits per heavy atom. The second-order valence-corrected chi connectivity index (χ2v) is 24.7. The SMILES string of the molecule is CC/C=C\C/C=C\C/C=C\C/C=C\C/C=C\C/C=C\CCCCCCCCCCC(=O)OC(/C=C\CCCCCCCCCCCCC)C(COP(=O)([O-])OCC[N+](C)(C)C)NC(=O)CCCCCCCCCCCCCCC. The molecule has 1 amide bonds. The number of likely N-dealkylation sites (N-methyl/N-ethyl adjacent to an activating group) is 1. The Kier molecular flexibility index (Phi) is 56.3. The first-order valence-electron chi connectivity index (χ1n) is 32.9. The van der Waals surface area contributed by atoms with Crippen molar-refractivity contribution in [1.29, 1.82) is 0 Å². The van der Waals surface area contributed by atoms with Crippen molar-refractivity contribution in [3.63, 3.8) is 0 Å². The number of carbonyl (C=O) groups excluding carboxylic acids is 2. The number of nitrogens with zero attached hydrogens (tertiary/aromatic N) is 1. The number of amides is 1. The van der Waals surface area contributed by atoms with Gasteiger partial charge in [-0.2, -0.15) is 0 Å². The zero-order chi connectivity index (χ0) is 57.9. The van der Waals surface area contributed by atoms with Crippen LogP contribution in [0.25, 0.3) is 0 Å². The Morgan fingerprint density at radius 1 is 0.456 bits per heavy atom. The van der Waals surface area contributed by atoms with Crippen molar-refractivity contribution in [2.75, 3.05) is 40.9 Å². The van der Waals surface area contributed by atoms with Gasteiger partial charge in [0.2, 0.25) is 5.91 Å². The molecule has 0 aromatic rings. The molecule has 0 aliphatic heterocycles. The highest BCUT2D eigenvalue weighted by Crippen LogP contribution is 2.38. The van der Waals surface area contributed by atoms with Crippen molar-refractivity contribution < 1.29 is 37.3 Å². The lowest BCUT2D eigenvalue weighted by Gasteiger charge is -2.30. The predicted octanol–water partition coefficient (Wildman–Crippen LogP) is 19.9. The van der Waals surface area contributed by atoms with E-state index in [0.717, 1.165) is 109 Å². The van der Waals surface area contributed by atoms with Crippen LogP contribution < -0.4 is 10.2 Å². The third-order valence-electron chi connectivity index (χ3n) is 14.3. The molecule has 0 heterocycles. The summed E-state index contributed by atoms with van der Waals surface area (Å²) in [6, 6.07) is -0.893. The number of esters is 1. The molecular formula is C69H125N2O7P. The molecule has 0 rings (SSSR count). The van der Waals surface area contributed by atoms with Gasteiger partial charge in [0.15, 0.2) is 0 Å². The zero-order valence-corrected chi connectivity index (χ0v) is 53.2. The number of phosphoric ester groups is 1. The van der Waals surface area contributed by atoms with E-state index in [-0.39, 0.29) is 24.9 Å². The first-order valence-corrected chi connectivity index (χ1v) is 34.4. The van der Waals surface area contributed by atoms with Crippen LogP contribution in [0.2, 0.25) is 0 Å². The van der Waals surface area contributed by atoms with Gasteiger partial charge in [0.1, 0.15) is 19.3 Å². The summed E-state index contributed by atoms with van der Waals surface area (Å²) in [5.41, 5.74) is 0. The van der Waals surface area contributed by atoms with Gasteiger partial charge in [0.25, 0.3) is 7.82 Å². The largest absolute Gasteiger partial charge is 0.756 e. The molecule has 0 saturated carbocycles. The van der Waals surface area contributed by atoms with Crippen molar-refractivity contribution in [3.05, 3.63) is 85.1 Å². The Morgan fingerprint density at radius 3 is 1.22 bits per heavy atom. The Hall–Kier alpha value is -2.81. The van der Waals surface area contributed by atoms with Gasteiger partial charge in [-0.15, -0.1) is 0 Å². The maximum atomic E-state index is 13.5. The second kappa shape index (κ2) is 58.4. The van der Waals surface area contributed by atoms with Crippen LogP contribution in [0, 0.1) is 0 Å². The highest BCUT2D eigenvalue weighted by atomic mass is 31.2. The summed E-state index contributed by atoms with van der Waals surface area (Å²) in [5.74, 6) is -0.546. The molecule has 9 nitrogen and oxygen atoms in total. The minimum absolute atomic E-state index is 0.0251. The van der Waals surface area contributed by atoms with Crippen LogP contribution in [0.15, 0.2) is 85.1 Å². The van der Waals surface area contributed by atoms with Gasteiger partial charge in [-0.1, -0.05) is 280 Å². The lowest BCUT2D eigenvalue weighted by Crippen LogP contribution is -2.47. The molecule has 0 spiro atoms. The van der Waals surface area contributed by atoms with E-state index in [1.54, 1.807) is 0 Å². The molecule has 458 valence electrons. The van der Waals surface area contributed by atoms with Gasteiger partial charge < -0.3 is 28.5 Å². The van der Waals surface area contributed by atoms with Crippen LogP contribution in [-0.4, -0.2) is 69.4 Å². The van der Waals surface area contributed by atoms with Gasteiger partial charge in [-0.05, 0) is 83.1 Å². The Labute approximate surface area is 488 Å². The Balaban J connectivity index is 5.12. The molecule has 79 heavy (non-hydrogen) atoms. The molecule has 0 aliphatic rings. The molecule has 3 unspecified atom stereocenters. The number of rotatable bonds is 59. The third kappa shape index (κ3) is 59.6. The number of allylic oxidation sites excluding steroid dienone is 13. The fourth-order valence-electron chi connectivity index (χ4n) is 9.29. The predicted molar refractivity (Wildman–Crippen MR) is 339 cm³/mol. The van der Waals surface area contributed by atoms with E-state index in [2.05, 4.69) is 99.0 Å². The van der Waals surface area contributed by atoms with Gasteiger partial charge in [0, 0.05) is 12.8 Å². The summed E-state index contributed by atoms with van der Waals surface area (Å²) >= 11 is 0. The topological polar surface area (TPSA) is 114 Å². The molecule has 10 heteroatoms. The van der Waals surface area contributed by atoms with E-state index in [9.17, 15) is 19.0 Å². The molecule has 3 atom stereocenters. The van der Waals surface area contributed by atoms with E-state index < -0.39 is 26.6 Å². The summed E-state index contributed by atoms with van der Waals surface area (Å²) < 4.78 is 30.4. The Bertz CT molecular complexity index is 1630. The number of hydrogen-bond acceptors (Lipinski definition) is 7. The van der Waals surface area contributed by atoms with Crippen LogP contribution >= 0.6 is 7.82 Å². The van der Waals surface area contributed by atoms with Gasteiger partial charge in [-0.25, -0.2) is 0 Å². The van der Waals surface area contributed by atoms with Gasteiger partial charge in [0.05, 0.1) is 33.8 Å². The smallest absolute Gasteiger partial charge is 0.306 e. The minimum atomic E-state index is -4.70. The van der Waals surface area contributed by atoms with Crippen LogP contribution in [0.1, 0.15) is 290 Å². The number of ether oxygens (including phenoxy) is 1. The average molecular weight is 1130 g/mol. The van der Waals surface area contributed by atoms with Crippen LogP contribution in [-0.2, 0) is 27.9 Å². The van der Waals surface area contributed by atoms with Crippen molar-refractivity contribution in [2.45, 2.75) is 303 Å². The minimum Gasteiger partial charge on any atom is -0.756 e. The van der Waals surface area contributed by atoms with Crippen molar-refractivity contribution in [3.8, 4) is 0 Å². The number of unbranched alkanes of at least 4 members (excludes halogenated alkanes) is 31. The van der Waals surface area contributed by atoms with Crippen molar-refractivity contribution >= 4 is 19.7 Å². The molecule has 0 aromatic carbocycles. The van der Waals surface area contributed by atoms with E-state index in [0.29, 0.717) is 17.4 Å². The lowest BCUT2D eigenvalue weighted by atomic mass is 10.0. The quantitative estimate of drug-likeness (QED) is 0.0212. The number of nitrogens with one attached hydrogen (secondary N) is 1. The van der Waals surface area contributed by atoms with Crippen molar-refractivity contribution in [1.82, 2.24) is 5.32 Å². The zero-order valence-electron chi connectivity index (χ0n) is 52.3. The molecule has 0 bridgehead atoms. The summed E-state index contributed by atoms with van der Waals surface area (Å²) in [4.78, 5) is 40.0. The fourth-order valence-corrected chi connectivity index (χ4v) is 10.0. The lowest BCUT2D eigenvalue weighted by molar-refractivity contribution is -0.870. The molecule has 0 aliphatic carbocycles.